The lowest BCUT2D eigenvalue weighted by Crippen LogP contribution is -1.96. The Morgan fingerprint density at radius 3 is 2.19 bits per heavy atom. The predicted molar refractivity (Wildman–Crippen MR) is 110 cm³/mol. The van der Waals surface area contributed by atoms with Crippen molar-refractivity contribution in [1.29, 1.82) is 0 Å². The van der Waals surface area contributed by atoms with Crippen LogP contribution in [0.25, 0.3) is 12.2 Å². The maximum absolute atomic E-state index is 14.4. The summed E-state index contributed by atoms with van der Waals surface area (Å²) in [4.78, 5) is 0. The standard InChI is InChI=1S/C25H24F2/c1-2-6-22-16-15-21(18-24(22)26)14-11-19-9-12-20(13-10-19)17-25(27)23-7-4-3-5-8-23/h3-5,7-16,18,25H,2,6,17H2,1H3/b14-11+. The van der Waals surface area contributed by atoms with E-state index in [0.29, 0.717) is 12.0 Å². The lowest BCUT2D eigenvalue weighted by Gasteiger charge is -2.08. The van der Waals surface area contributed by atoms with Gasteiger partial charge in [0.1, 0.15) is 12.0 Å². The molecular weight excluding hydrogens is 338 g/mol. The minimum atomic E-state index is -1.00. The number of rotatable bonds is 7. The predicted octanol–water partition coefficient (Wildman–Crippen LogP) is 7.20. The first kappa shape index (κ1) is 19.0. The van der Waals surface area contributed by atoms with Crippen molar-refractivity contribution in [2.75, 3.05) is 0 Å². The smallest absolute Gasteiger partial charge is 0.129 e. The van der Waals surface area contributed by atoms with Crippen molar-refractivity contribution >= 4 is 12.2 Å². The van der Waals surface area contributed by atoms with E-state index in [1.807, 2.05) is 85.8 Å². The van der Waals surface area contributed by atoms with Crippen LogP contribution in [0.5, 0.6) is 0 Å². The van der Waals surface area contributed by atoms with E-state index in [-0.39, 0.29) is 5.82 Å². The van der Waals surface area contributed by atoms with Gasteiger partial charge < -0.3 is 0 Å². The Bertz CT molecular complexity index is 880. The van der Waals surface area contributed by atoms with Crippen molar-refractivity contribution in [3.05, 3.63) is 106 Å². The minimum Gasteiger partial charge on any atom is -0.242 e. The molecule has 0 aliphatic heterocycles. The SMILES string of the molecule is CCCc1ccc(/C=C/c2ccc(CC(F)c3ccccc3)cc2)cc1F. The van der Waals surface area contributed by atoms with Crippen LogP contribution >= 0.6 is 0 Å². The molecule has 3 aromatic rings. The normalized spacial score (nSPS) is 12.4. The highest BCUT2D eigenvalue weighted by atomic mass is 19.1. The molecule has 0 bridgehead atoms. The number of benzene rings is 3. The minimum absolute atomic E-state index is 0.149. The third-order valence-corrected chi connectivity index (χ3v) is 4.62. The summed E-state index contributed by atoms with van der Waals surface area (Å²) in [5.41, 5.74) is 4.27. The number of hydrogen-bond donors (Lipinski definition) is 0. The summed E-state index contributed by atoms with van der Waals surface area (Å²) < 4.78 is 28.4. The Morgan fingerprint density at radius 1 is 0.852 bits per heavy atom. The molecule has 0 radical (unpaired) electrons. The summed E-state index contributed by atoms with van der Waals surface area (Å²) in [6, 6.07) is 22.4. The van der Waals surface area contributed by atoms with Crippen molar-refractivity contribution in [2.45, 2.75) is 32.4 Å². The van der Waals surface area contributed by atoms with Crippen LogP contribution < -0.4 is 0 Å². The van der Waals surface area contributed by atoms with Crippen LogP contribution in [-0.4, -0.2) is 0 Å². The molecular formula is C25H24F2. The van der Waals surface area contributed by atoms with E-state index in [4.69, 9.17) is 0 Å². The van der Waals surface area contributed by atoms with E-state index >= 15 is 0 Å². The molecule has 27 heavy (non-hydrogen) atoms. The van der Waals surface area contributed by atoms with Crippen LogP contribution in [0.3, 0.4) is 0 Å². The molecule has 0 aromatic heterocycles. The van der Waals surface area contributed by atoms with E-state index in [2.05, 4.69) is 0 Å². The lowest BCUT2D eigenvalue weighted by atomic mass is 10.0. The van der Waals surface area contributed by atoms with E-state index < -0.39 is 6.17 Å². The molecule has 0 saturated heterocycles. The molecule has 0 nitrogen and oxygen atoms in total. The molecule has 1 atom stereocenters. The molecule has 0 saturated carbocycles. The van der Waals surface area contributed by atoms with Gasteiger partial charge in [0.2, 0.25) is 0 Å². The molecule has 0 fully saturated rings. The highest BCUT2D eigenvalue weighted by molar-refractivity contribution is 5.69. The number of halogens is 2. The van der Waals surface area contributed by atoms with Crippen LogP contribution in [0.15, 0.2) is 72.8 Å². The third-order valence-electron chi connectivity index (χ3n) is 4.62. The molecule has 138 valence electrons. The Morgan fingerprint density at radius 2 is 1.52 bits per heavy atom. The van der Waals surface area contributed by atoms with Crippen LogP contribution in [0.1, 0.15) is 47.3 Å². The zero-order valence-electron chi connectivity index (χ0n) is 15.5. The van der Waals surface area contributed by atoms with Gasteiger partial charge in [0.05, 0.1) is 0 Å². The first-order valence-electron chi connectivity index (χ1n) is 9.40. The Balaban J connectivity index is 1.63. The molecule has 0 amide bonds. The van der Waals surface area contributed by atoms with Gasteiger partial charge in [-0.15, -0.1) is 0 Å². The Kier molecular flexibility index (Phi) is 6.54. The average molecular weight is 362 g/mol. The van der Waals surface area contributed by atoms with Gasteiger partial charge in [-0.3, -0.25) is 0 Å². The summed E-state index contributed by atoms with van der Waals surface area (Å²) in [5, 5.41) is 0. The van der Waals surface area contributed by atoms with Crippen LogP contribution in [0.2, 0.25) is 0 Å². The quantitative estimate of drug-likeness (QED) is 0.390. The Hall–Kier alpha value is -2.74. The summed E-state index contributed by atoms with van der Waals surface area (Å²) in [5.74, 6) is -0.149. The topological polar surface area (TPSA) is 0 Å². The number of aryl methyl sites for hydroxylation is 1. The fraction of sp³-hybridized carbons (Fsp3) is 0.200. The lowest BCUT2D eigenvalue weighted by molar-refractivity contribution is 0.342. The summed E-state index contributed by atoms with van der Waals surface area (Å²) in [6.07, 6.45) is 4.89. The maximum Gasteiger partial charge on any atom is 0.129 e. The summed E-state index contributed by atoms with van der Waals surface area (Å²) in [7, 11) is 0. The van der Waals surface area contributed by atoms with Gasteiger partial charge in [-0.2, -0.15) is 0 Å². The van der Waals surface area contributed by atoms with E-state index in [1.54, 1.807) is 6.07 Å². The highest BCUT2D eigenvalue weighted by Crippen LogP contribution is 2.22. The third kappa shape index (κ3) is 5.37. The van der Waals surface area contributed by atoms with Crippen molar-refractivity contribution < 1.29 is 8.78 Å². The van der Waals surface area contributed by atoms with E-state index in [0.717, 1.165) is 35.1 Å². The molecule has 3 rings (SSSR count). The second-order valence-electron chi connectivity index (χ2n) is 6.76. The van der Waals surface area contributed by atoms with Gasteiger partial charge in [0.15, 0.2) is 0 Å². The average Bonchev–Trinajstić information content (AvgIpc) is 2.70. The Labute approximate surface area is 160 Å². The van der Waals surface area contributed by atoms with E-state index in [9.17, 15) is 8.78 Å². The first-order valence-corrected chi connectivity index (χ1v) is 9.40. The second kappa shape index (κ2) is 9.27. The fourth-order valence-corrected chi connectivity index (χ4v) is 3.08. The van der Waals surface area contributed by atoms with Gasteiger partial charge in [-0.05, 0) is 40.3 Å². The fourth-order valence-electron chi connectivity index (χ4n) is 3.08. The van der Waals surface area contributed by atoms with Crippen LogP contribution in [0, 0.1) is 5.82 Å². The molecule has 0 spiro atoms. The molecule has 0 aliphatic rings. The van der Waals surface area contributed by atoms with Crippen molar-refractivity contribution in [1.82, 2.24) is 0 Å². The molecule has 2 heteroatoms. The van der Waals surface area contributed by atoms with Crippen LogP contribution in [-0.2, 0) is 12.8 Å². The first-order chi connectivity index (χ1) is 13.2. The molecule has 0 heterocycles. The molecule has 3 aromatic carbocycles. The zero-order valence-corrected chi connectivity index (χ0v) is 15.5. The van der Waals surface area contributed by atoms with Gasteiger partial charge in [-0.1, -0.05) is 92.2 Å². The summed E-state index contributed by atoms with van der Waals surface area (Å²) in [6.45, 7) is 2.04. The van der Waals surface area contributed by atoms with Gasteiger partial charge in [0.25, 0.3) is 0 Å². The highest BCUT2D eigenvalue weighted by Gasteiger charge is 2.09. The van der Waals surface area contributed by atoms with Crippen molar-refractivity contribution in [3.63, 3.8) is 0 Å². The summed E-state index contributed by atoms with van der Waals surface area (Å²) >= 11 is 0. The molecule has 1 unspecified atom stereocenters. The van der Waals surface area contributed by atoms with E-state index in [1.165, 1.54) is 0 Å². The molecule has 0 N–H and O–H groups in total. The monoisotopic (exact) mass is 362 g/mol. The maximum atomic E-state index is 14.4. The van der Waals surface area contributed by atoms with Gasteiger partial charge in [-0.25, -0.2) is 8.78 Å². The van der Waals surface area contributed by atoms with Gasteiger partial charge in [0, 0.05) is 6.42 Å². The molecule has 0 aliphatic carbocycles. The number of hydrogen-bond acceptors (Lipinski definition) is 0. The largest absolute Gasteiger partial charge is 0.242 e. The van der Waals surface area contributed by atoms with Crippen molar-refractivity contribution in [3.8, 4) is 0 Å². The van der Waals surface area contributed by atoms with Gasteiger partial charge >= 0.3 is 0 Å². The van der Waals surface area contributed by atoms with Crippen molar-refractivity contribution in [2.24, 2.45) is 0 Å². The second-order valence-corrected chi connectivity index (χ2v) is 6.76. The van der Waals surface area contributed by atoms with Crippen LogP contribution in [0.4, 0.5) is 8.78 Å². The number of alkyl halides is 1. The zero-order chi connectivity index (χ0) is 19.1.